The average Bonchev–Trinajstić information content (AvgIpc) is 3.27. The van der Waals surface area contributed by atoms with Crippen molar-refractivity contribution in [3.63, 3.8) is 0 Å². The highest BCUT2D eigenvalue weighted by Crippen LogP contribution is 2.27. The normalized spacial score (nSPS) is 11.0. The Morgan fingerprint density at radius 2 is 2.12 bits per heavy atom. The molecule has 7 heteroatoms. The lowest BCUT2D eigenvalue weighted by Crippen LogP contribution is -2.13. The summed E-state index contributed by atoms with van der Waals surface area (Å²) in [5.41, 5.74) is 3.63. The smallest absolute Gasteiger partial charge is 0.257 e. The second-order valence-electron chi connectivity index (χ2n) is 5.67. The minimum atomic E-state index is -0.231. The maximum Gasteiger partial charge on any atom is 0.257 e. The monoisotopic (exact) mass is 333 g/mol. The van der Waals surface area contributed by atoms with Crippen LogP contribution in [0.25, 0.3) is 22.5 Å². The highest BCUT2D eigenvalue weighted by atomic mass is 16.3. The number of aromatic nitrogens is 4. The van der Waals surface area contributed by atoms with Gasteiger partial charge in [0.1, 0.15) is 6.26 Å². The van der Waals surface area contributed by atoms with Crippen LogP contribution in [0, 0.1) is 6.92 Å². The number of aryl methyl sites for hydroxylation is 1. The molecule has 1 amide bonds. The van der Waals surface area contributed by atoms with Crippen LogP contribution in [0.3, 0.4) is 0 Å². The van der Waals surface area contributed by atoms with Crippen LogP contribution >= 0.6 is 0 Å². The van der Waals surface area contributed by atoms with Crippen LogP contribution in [-0.4, -0.2) is 25.7 Å². The van der Waals surface area contributed by atoms with Crippen LogP contribution in [0.15, 0.2) is 53.5 Å². The Balaban J connectivity index is 1.65. The van der Waals surface area contributed by atoms with E-state index in [1.807, 2.05) is 32.2 Å². The lowest BCUT2D eigenvalue weighted by molar-refractivity contribution is 0.102. The zero-order valence-electron chi connectivity index (χ0n) is 13.7. The van der Waals surface area contributed by atoms with Crippen LogP contribution in [0.2, 0.25) is 0 Å². The van der Waals surface area contributed by atoms with E-state index in [0.717, 1.165) is 22.2 Å². The first kappa shape index (κ1) is 15.1. The fraction of sp³-hybridized carbons (Fsp3) is 0.111. The molecule has 124 valence electrons. The lowest BCUT2D eigenvalue weighted by Gasteiger charge is -2.11. The van der Waals surface area contributed by atoms with Gasteiger partial charge in [0.25, 0.3) is 5.91 Å². The van der Waals surface area contributed by atoms with E-state index < -0.39 is 0 Å². The summed E-state index contributed by atoms with van der Waals surface area (Å²) < 4.78 is 7.02. The summed E-state index contributed by atoms with van der Waals surface area (Å²) in [4.78, 5) is 21.1. The van der Waals surface area contributed by atoms with Crippen molar-refractivity contribution in [3.05, 3.63) is 60.2 Å². The van der Waals surface area contributed by atoms with Gasteiger partial charge in [0, 0.05) is 29.9 Å². The number of pyridine rings is 1. The Bertz CT molecular complexity index is 1070. The third-order valence-corrected chi connectivity index (χ3v) is 4.08. The van der Waals surface area contributed by atoms with Gasteiger partial charge in [-0.05, 0) is 30.7 Å². The molecule has 1 aromatic carbocycles. The Kier molecular flexibility index (Phi) is 3.53. The van der Waals surface area contributed by atoms with Crippen molar-refractivity contribution in [2.24, 2.45) is 7.05 Å². The van der Waals surface area contributed by atoms with E-state index in [2.05, 4.69) is 20.4 Å². The molecule has 3 aromatic heterocycles. The number of oxazole rings is 1. The minimum Gasteiger partial charge on any atom is -0.445 e. The van der Waals surface area contributed by atoms with Crippen molar-refractivity contribution in [2.45, 2.75) is 6.92 Å². The van der Waals surface area contributed by atoms with Crippen molar-refractivity contribution in [1.82, 2.24) is 19.7 Å². The first-order chi connectivity index (χ1) is 12.1. The van der Waals surface area contributed by atoms with Gasteiger partial charge in [-0.15, -0.1) is 0 Å². The molecule has 0 unspecified atom stereocenters. The summed E-state index contributed by atoms with van der Waals surface area (Å²) in [5, 5.41) is 7.88. The summed E-state index contributed by atoms with van der Waals surface area (Å²) >= 11 is 0. The number of hydrogen-bond donors (Lipinski definition) is 1. The third-order valence-electron chi connectivity index (χ3n) is 4.08. The molecule has 0 spiro atoms. The zero-order valence-corrected chi connectivity index (χ0v) is 13.7. The second kappa shape index (κ2) is 5.86. The summed E-state index contributed by atoms with van der Waals surface area (Å²) in [5.74, 6) is 0.290. The van der Waals surface area contributed by atoms with Gasteiger partial charge in [-0.3, -0.25) is 9.48 Å². The van der Waals surface area contributed by atoms with E-state index in [1.54, 1.807) is 29.3 Å². The van der Waals surface area contributed by atoms with E-state index in [4.69, 9.17) is 4.42 Å². The molecule has 0 atom stereocenters. The first-order valence-corrected chi connectivity index (χ1v) is 7.72. The van der Waals surface area contributed by atoms with Gasteiger partial charge in [0.15, 0.2) is 5.65 Å². The number of benzene rings is 1. The Morgan fingerprint density at radius 3 is 2.92 bits per heavy atom. The Hall–Kier alpha value is -3.48. The van der Waals surface area contributed by atoms with Gasteiger partial charge < -0.3 is 9.73 Å². The number of fused-ring (bicyclic) bond motifs is 1. The van der Waals surface area contributed by atoms with Gasteiger partial charge >= 0.3 is 0 Å². The molecule has 25 heavy (non-hydrogen) atoms. The Labute approximate surface area is 143 Å². The molecule has 1 N–H and O–H groups in total. The zero-order chi connectivity index (χ0) is 17.4. The maximum atomic E-state index is 12.6. The first-order valence-electron chi connectivity index (χ1n) is 7.72. The number of rotatable bonds is 3. The van der Waals surface area contributed by atoms with Crippen LogP contribution in [0.5, 0.6) is 0 Å². The summed E-state index contributed by atoms with van der Waals surface area (Å²) in [6.07, 6.45) is 6.35. The van der Waals surface area contributed by atoms with Crippen LogP contribution in [0.4, 0.5) is 5.69 Å². The predicted molar refractivity (Wildman–Crippen MR) is 93.1 cm³/mol. The topological polar surface area (TPSA) is 85.8 Å². The molecule has 7 nitrogen and oxygen atoms in total. The molecular formula is C18H15N5O2. The number of amides is 1. The molecule has 0 saturated carbocycles. The number of carbonyl (C=O) groups is 1. The van der Waals surface area contributed by atoms with E-state index in [1.165, 1.54) is 6.26 Å². The van der Waals surface area contributed by atoms with E-state index in [0.29, 0.717) is 17.1 Å². The highest BCUT2D eigenvalue weighted by Gasteiger charge is 2.14. The van der Waals surface area contributed by atoms with Crippen molar-refractivity contribution in [3.8, 4) is 11.5 Å². The largest absolute Gasteiger partial charge is 0.445 e. The second-order valence-corrected chi connectivity index (χ2v) is 5.67. The molecule has 4 rings (SSSR count). The number of carbonyl (C=O) groups excluding carboxylic acids is 1. The number of nitrogens with one attached hydrogen (secondary N) is 1. The molecule has 0 fully saturated rings. The molecule has 0 bridgehead atoms. The van der Waals surface area contributed by atoms with Gasteiger partial charge in [0.2, 0.25) is 5.89 Å². The highest BCUT2D eigenvalue weighted by molar-refractivity contribution is 6.06. The van der Waals surface area contributed by atoms with E-state index >= 15 is 0 Å². The molecule has 4 aromatic rings. The van der Waals surface area contributed by atoms with Crippen LogP contribution in [0.1, 0.15) is 15.9 Å². The van der Waals surface area contributed by atoms with Gasteiger partial charge in [-0.1, -0.05) is 6.07 Å². The molecule has 0 radical (unpaired) electrons. The van der Waals surface area contributed by atoms with Gasteiger partial charge in [-0.25, -0.2) is 9.97 Å². The summed E-state index contributed by atoms with van der Waals surface area (Å²) in [6, 6.07) is 7.37. The average molecular weight is 333 g/mol. The molecule has 0 aliphatic carbocycles. The van der Waals surface area contributed by atoms with Crippen LogP contribution < -0.4 is 5.32 Å². The van der Waals surface area contributed by atoms with Gasteiger partial charge in [0.05, 0.1) is 18.0 Å². The molecular weight excluding hydrogens is 318 g/mol. The molecule has 0 aliphatic heterocycles. The molecule has 3 heterocycles. The fourth-order valence-electron chi connectivity index (χ4n) is 2.72. The van der Waals surface area contributed by atoms with Crippen molar-refractivity contribution >= 4 is 22.6 Å². The fourth-order valence-corrected chi connectivity index (χ4v) is 2.72. The minimum absolute atomic E-state index is 0.231. The number of hydrogen-bond acceptors (Lipinski definition) is 5. The maximum absolute atomic E-state index is 12.6. The van der Waals surface area contributed by atoms with Crippen LogP contribution in [-0.2, 0) is 7.05 Å². The van der Waals surface area contributed by atoms with Crippen molar-refractivity contribution < 1.29 is 9.21 Å². The summed E-state index contributed by atoms with van der Waals surface area (Å²) in [6.45, 7) is 1.91. The molecule has 0 saturated heterocycles. The quantitative estimate of drug-likeness (QED) is 0.622. The SMILES string of the molecule is Cc1c(NC(=O)c2cnc3c(cnn3C)c2)cccc1-c1ncco1. The number of nitrogens with zero attached hydrogens (tertiary/aromatic N) is 4. The van der Waals surface area contributed by atoms with Gasteiger partial charge in [-0.2, -0.15) is 5.10 Å². The van der Waals surface area contributed by atoms with Crippen molar-refractivity contribution in [2.75, 3.05) is 5.32 Å². The number of anilines is 1. The van der Waals surface area contributed by atoms with E-state index in [-0.39, 0.29) is 5.91 Å². The Morgan fingerprint density at radius 1 is 1.24 bits per heavy atom. The standard InChI is InChI=1S/C18H15N5O2/c1-11-14(18-19-6-7-25-18)4-3-5-15(11)22-17(24)13-8-12-10-21-23(2)16(12)20-9-13/h3-10H,1-2H3,(H,22,24). The molecule has 0 aliphatic rings. The van der Waals surface area contributed by atoms with Crippen molar-refractivity contribution in [1.29, 1.82) is 0 Å². The third kappa shape index (κ3) is 2.65. The summed E-state index contributed by atoms with van der Waals surface area (Å²) in [7, 11) is 1.81. The van der Waals surface area contributed by atoms with E-state index in [9.17, 15) is 4.79 Å². The lowest BCUT2D eigenvalue weighted by atomic mass is 10.1. The predicted octanol–water partition coefficient (Wildman–Crippen LogP) is 3.18.